The van der Waals surface area contributed by atoms with E-state index < -0.39 is 28.1 Å². The van der Waals surface area contributed by atoms with Crippen molar-refractivity contribution in [3.05, 3.63) is 66.3 Å². The summed E-state index contributed by atoms with van der Waals surface area (Å²) in [6, 6.07) is 5.52. The maximum atomic E-state index is 12.7. The minimum Gasteiger partial charge on any atom is -0.497 e. The average Bonchev–Trinajstić information content (AvgIpc) is 2.61. The van der Waals surface area contributed by atoms with Crippen molar-refractivity contribution < 1.29 is 9.66 Å². The fourth-order valence-corrected chi connectivity index (χ4v) is 2.82. The van der Waals surface area contributed by atoms with Crippen LogP contribution in [0.25, 0.3) is 0 Å². The predicted octanol–water partition coefficient (Wildman–Crippen LogP) is 0.472. The fraction of sp³-hybridized carbons (Fsp3) is 0.375. The zero-order valence-corrected chi connectivity index (χ0v) is 14.4. The first-order chi connectivity index (χ1) is 11.7. The molecule has 1 aromatic heterocycles. The second-order valence-corrected chi connectivity index (χ2v) is 5.78. The van der Waals surface area contributed by atoms with Crippen LogP contribution in [0.5, 0.6) is 5.75 Å². The number of aromatic nitrogens is 2. The van der Waals surface area contributed by atoms with Crippen molar-refractivity contribution in [3.8, 4) is 5.75 Å². The molecule has 9 nitrogen and oxygen atoms in total. The molecule has 2 N–H and O–H groups in total. The van der Waals surface area contributed by atoms with Crippen LogP contribution in [0.3, 0.4) is 0 Å². The largest absolute Gasteiger partial charge is 0.497 e. The van der Waals surface area contributed by atoms with Gasteiger partial charge in [-0.1, -0.05) is 12.1 Å². The van der Waals surface area contributed by atoms with Gasteiger partial charge in [0.15, 0.2) is 0 Å². The van der Waals surface area contributed by atoms with Crippen LogP contribution in [0.1, 0.15) is 24.0 Å². The first kappa shape index (κ1) is 18.2. The molecule has 0 aliphatic heterocycles. The Balaban J connectivity index is 2.85. The van der Waals surface area contributed by atoms with Gasteiger partial charge in [0.05, 0.1) is 18.6 Å². The first-order valence-corrected chi connectivity index (χ1v) is 7.53. The average molecular weight is 348 g/mol. The van der Waals surface area contributed by atoms with E-state index in [1.165, 1.54) is 28.1 Å². The highest BCUT2D eigenvalue weighted by molar-refractivity contribution is 5.47. The quantitative estimate of drug-likeness (QED) is 0.619. The van der Waals surface area contributed by atoms with E-state index in [0.717, 1.165) is 9.13 Å². The third-order valence-electron chi connectivity index (χ3n) is 4.33. The third kappa shape index (κ3) is 3.12. The Labute approximate surface area is 143 Å². The number of nitrogens with zero attached hydrogens (tertiary/aromatic N) is 3. The number of benzene rings is 1. The summed E-state index contributed by atoms with van der Waals surface area (Å²) in [7, 11) is 4.21. The molecule has 0 spiro atoms. The van der Waals surface area contributed by atoms with Gasteiger partial charge in [-0.15, -0.1) is 0 Å². The lowest BCUT2D eigenvalue weighted by atomic mass is 9.86. The predicted molar refractivity (Wildman–Crippen MR) is 92.6 cm³/mol. The molecule has 2 atom stereocenters. The molecular weight excluding hydrogens is 328 g/mol. The fourth-order valence-electron chi connectivity index (χ4n) is 2.82. The minimum atomic E-state index is -1.14. The summed E-state index contributed by atoms with van der Waals surface area (Å²) in [6.07, 6.45) is 0. The van der Waals surface area contributed by atoms with Crippen molar-refractivity contribution in [2.45, 2.75) is 18.9 Å². The zero-order chi connectivity index (χ0) is 18.9. The van der Waals surface area contributed by atoms with Gasteiger partial charge in [0.1, 0.15) is 11.6 Å². The van der Waals surface area contributed by atoms with Crippen molar-refractivity contribution >= 4 is 5.82 Å². The maximum Gasteiger partial charge on any atom is 0.332 e. The topological polar surface area (TPSA) is 122 Å². The van der Waals surface area contributed by atoms with E-state index in [9.17, 15) is 19.7 Å². The molecule has 0 unspecified atom stereocenters. The van der Waals surface area contributed by atoms with Crippen molar-refractivity contribution in [2.24, 2.45) is 14.1 Å². The summed E-state index contributed by atoms with van der Waals surface area (Å²) in [5, 5.41) is 11.5. The molecule has 1 heterocycles. The van der Waals surface area contributed by atoms with Crippen molar-refractivity contribution in [1.82, 2.24) is 9.13 Å². The summed E-state index contributed by atoms with van der Waals surface area (Å²) < 4.78 is 7.17. The molecule has 0 fully saturated rings. The van der Waals surface area contributed by atoms with Gasteiger partial charge in [-0.05, 0) is 17.7 Å². The van der Waals surface area contributed by atoms with Crippen molar-refractivity contribution in [3.63, 3.8) is 0 Å². The second-order valence-electron chi connectivity index (χ2n) is 5.78. The van der Waals surface area contributed by atoms with Crippen LogP contribution in [-0.4, -0.2) is 27.2 Å². The normalized spacial score (nSPS) is 13.3. The Hall–Kier alpha value is -3.10. The summed E-state index contributed by atoms with van der Waals surface area (Å²) in [5.74, 6) is -0.525. The van der Waals surface area contributed by atoms with Gasteiger partial charge in [0.25, 0.3) is 5.56 Å². The van der Waals surface area contributed by atoms with Gasteiger partial charge in [-0.25, -0.2) is 4.79 Å². The smallest absolute Gasteiger partial charge is 0.332 e. The van der Waals surface area contributed by atoms with Crippen molar-refractivity contribution in [1.29, 1.82) is 0 Å². The Morgan fingerprint density at radius 1 is 1.24 bits per heavy atom. The van der Waals surface area contributed by atoms with Gasteiger partial charge in [0, 0.05) is 25.9 Å². The molecule has 2 rings (SSSR count). The number of methoxy groups -OCH3 is 1. The molecular formula is C16H20N4O5. The molecule has 0 amide bonds. The van der Waals surface area contributed by atoms with Crippen LogP contribution >= 0.6 is 0 Å². The number of nitro groups is 1. The molecule has 0 saturated carbocycles. The van der Waals surface area contributed by atoms with E-state index in [-0.39, 0.29) is 11.4 Å². The lowest BCUT2D eigenvalue weighted by Crippen LogP contribution is -2.43. The lowest BCUT2D eigenvalue weighted by molar-refractivity contribution is -0.520. The number of ether oxygens (including phenoxy) is 1. The number of nitrogen functional groups attached to an aromatic ring is 1. The molecule has 0 aliphatic carbocycles. The van der Waals surface area contributed by atoms with Gasteiger partial charge in [-0.3, -0.25) is 24.0 Å². The number of nitrogens with two attached hydrogens (primary N) is 1. The van der Waals surface area contributed by atoms with E-state index in [4.69, 9.17) is 10.5 Å². The molecule has 9 heteroatoms. The Morgan fingerprint density at radius 2 is 1.88 bits per heavy atom. The molecule has 25 heavy (non-hydrogen) atoms. The molecule has 0 bridgehead atoms. The molecule has 2 aromatic rings. The van der Waals surface area contributed by atoms with Crippen LogP contribution in [-0.2, 0) is 14.1 Å². The zero-order valence-electron chi connectivity index (χ0n) is 14.4. The second kappa shape index (κ2) is 6.80. The monoisotopic (exact) mass is 348 g/mol. The highest BCUT2D eigenvalue weighted by atomic mass is 16.6. The highest BCUT2D eigenvalue weighted by Gasteiger charge is 2.35. The minimum absolute atomic E-state index is 0.0158. The number of hydrogen-bond acceptors (Lipinski definition) is 6. The van der Waals surface area contributed by atoms with E-state index in [2.05, 4.69) is 0 Å². The SMILES string of the molecule is COc1cccc([C@H](c2c(N)n(C)c(=O)n(C)c2=O)[C@H](C)[N+](=O)[O-])c1. The number of rotatable bonds is 5. The molecule has 1 aromatic carbocycles. The number of hydrogen-bond donors (Lipinski definition) is 1. The molecule has 0 saturated heterocycles. The van der Waals surface area contributed by atoms with Gasteiger partial charge < -0.3 is 10.5 Å². The van der Waals surface area contributed by atoms with E-state index >= 15 is 0 Å². The summed E-state index contributed by atoms with van der Waals surface area (Å²) in [5.41, 5.74) is 5.27. The lowest BCUT2D eigenvalue weighted by Gasteiger charge is -2.22. The molecule has 134 valence electrons. The molecule has 0 aliphatic rings. The first-order valence-electron chi connectivity index (χ1n) is 7.53. The van der Waals surface area contributed by atoms with Crippen molar-refractivity contribution in [2.75, 3.05) is 12.8 Å². The third-order valence-corrected chi connectivity index (χ3v) is 4.33. The number of anilines is 1. The molecule has 0 radical (unpaired) electrons. The standard InChI is InChI=1S/C16H20N4O5/c1-9(20(23)24)12(10-6-5-7-11(8-10)25-4)13-14(17)18(2)16(22)19(3)15(13)21/h5-9,12H,17H2,1-4H3/t9-,12+/m0/s1. The highest BCUT2D eigenvalue weighted by Crippen LogP contribution is 2.32. The Bertz CT molecular complexity index is 931. The van der Waals surface area contributed by atoms with Gasteiger partial charge >= 0.3 is 5.69 Å². The van der Waals surface area contributed by atoms with E-state index in [1.54, 1.807) is 24.3 Å². The van der Waals surface area contributed by atoms with Crippen LogP contribution in [0.15, 0.2) is 33.9 Å². The van der Waals surface area contributed by atoms with Gasteiger partial charge in [-0.2, -0.15) is 0 Å². The van der Waals surface area contributed by atoms with Crippen LogP contribution in [0.2, 0.25) is 0 Å². The summed E-state index contributed by atoms with van der Waals surface area (Å²) in [6.45, 7) is 1.40. The van der Waals surface area contributed by atoms with Crippen LogP contribution < -0.4 is 21.7 Å². The maximum absolute atomic E-state index is 12.7. The Morgan fingerprint density at radius 3 is 2.44 bits per heavy atom. The van der Waals surface area contributed by atoms with Crippen LogP contribution in [0.4, 0.5) is 5.82 Å². The van der Waals surface area contributed by atoms with E-state index in [0.29, 0.717) is 11.3 Å². The summed E-state index contributed by atoms with van der Waals surface area (Å²) in [4.78, 5) is 35.7. The van der Waals surface area contributed by atoms with E-state index in [1.807, 2.05) is 0 Å². The summed E-state index contributed by atoms with van der Waals surface area (Å²) >= 11 is 0. The van der Waals surface area contributed by atoms with Gasteiger partial charge in [0.2, 0.25) is 6.04 Å². The van der Waals surface area contributed by atoms with Crippen LogP contribution in [0, 0.1) is 10.1 Å². The Kier molecular flexibility index (Phi) is 4.96.